The van der Waals surface area contributed by atoms with Gasteiger partial charge in [-0.2, -0.15) is 0 Å². The molecule has 0 saturated heterocycles. The van der Waals surface area contributed by atoms with E-state index in [0.29, 0.717) is 12.3 Å². The normalized spacial score (nSPS) is 11.5. The number of aryl methyl sites for hydroxylation is 2. The minimum atomic E-state index is -3.46. The monoisotopic (exact) mass is 326 g/mol. The highest BCUT2D eigenvalue weighted by molar-refractivity contribution is 7.89. The van der Waals surface area contributed by atoms with Crippen molar-refractivity contribution in [3.63, 3.8) is 0 Å². The summed E-state index contributed by atoms with van der Waals surface area (Å²) in [5.41, 5.74) is 1.01. The summed E-state index contributed by atoms with van der Waals surface area (Å²) in [4.78, 5) is 4.59. The van der Waals surface area contributed by atoms with Crippen molar-refractivity contribution in [3.05, 3.63) is 40.3 Å². The first kappa shape index (κ1) is 15.9. The number of benzene rings is 1. The van der Waals surface area contributed by atoms with E-state index < -0.39 is 10.0 Å². The second-order valence-corrected chi connectivity index (χ2v) is 7.27. The van der Waals surface area contributed by atoms with E-state index in [-0.39, 0.29) is 4.90 Å². The number of ether oxygens (including phenoxy) is 1. The van der Waals surface area contributed by atoms with Crippen molar-refractivity contribution in [1.29, 1.82) is 0 Å². The lowest BCUT2D eigenvalue weighted by Crippen LogP contribution is -2.25. The van der Waals surface area contributed by atoms with Crippen LogP contribution < -0.4 is 9.46 Å². The number of nitrogens with one attached hydrogen (secondary N) is 1. The third-order valence-electron chi connectivity index (χ3n) is 2.90. The van der Waals surface area contributed by atoms with E-state index in [1.54, 1.807) is 30.6 Å². The van der Waals surface area contributed by atoms with Crippen LogP contribution in [0.25, 0.3) is 0 Å². The summed E-state index contributed by atoms with van der Waals surface area (Å²) in [7, 11) is -1.91. The lowest BCUT2D eigenvalue weighted by atomic mass is 10.3. The Morgan fingerprint density at radius 3 is 2.57 bits per heavy atom. The average Bonchev–Trinajstić information content (AvgIpc) is 2.89. The van der Waals surface area contributed by atoms with Crippen LogP contribution in [0.15, 0.2) is 34.5 Å². The summed E-state index contributed by atoms with van der Waals surface area (Å²) in [6.45, 7) is 2.35. The second-order valence-electron chi connectivity index (χ2n) is 4.56. The van der Waals surface area contributed by atoms with E-state index in [0.717, 1.165) is 23.5 Å². The minimum absolute atomic E-state index is 0.244. The maximum Gasteiger partial charge on any atom is 0.240 e. The largest absolute Gasteiger partial charge is 0.497 e. The van der Waals surface area contributed by atoms with Crippen LogP contribution in [-0.2, 0) is 16.4 Å². The Kier molecular flexibility index (Phi) is 5.33. The van der Waals surface area contributed by atoms with Gasteiger partial charge in [-0.3, -0.25) is 0 Å². The Labute approximate surface area is 129 Å². The molecule has 5 nitrogen and oxygen atoms in total. The summed E-state index contributed by atoms with van der Waals surface area (Å²) < 4.78 is 31.8. The predicted molar refractivity (Wildman–Crippen MR) is 83.4 cm³/mol. The molecule has 0 aliphatic heterocycles. The molecule has 0 saturated carbocycles. The quantitative estimate of drug-likeness (QED) is 0.793. The number of methoxy groups -OCH3 is 1. The number of rotatable bonds is 7. The first-order valence-corrected chi connectivity index (χ1v) is 8.92. The predicted octanol–water partition coefficient (Wildman–Crippen LogP) is 2.37. The molecule has 0 aliphatic carbocycles. The van der Waals surface area contributed by atoms with Crippen LogP contribution in [0.2, 0.25) is 0 Å². The van der Waals surface area contributed by atoms with Gasteiger partial charge in [-0.15, -0.1) is 11.3 Å². The van der Waals surface area contributed by atoms with E-state index in [4.69, 9.17) is 4.74 Å². The summed E-state index contributed by atoms with van der Waals surface area (Å²) >= 11 is 1.61. The number of nitrogens with zero attached hydrogens (tertiary/aromatic N) is 1. The number of hydrogen-bond acceptors (Lipinski definition) is 5. The molecule has 114 valence electrons. The number of thiazole rings is 1. The van der Waals surface area contributed by atoms with Crippen molar-refractivity contribution in [2.45, 2.75) is 24.7 Å². The standard InChI is InChI=1S/C14H18N2O3S2/c1-11-10-20-14(16-11)4-3-9-15-21(17,18)13-7-5-12(19-2)6-8-13/h5-8,10,15H,3-4,9H2,1-2H3. The molecule has 0 atom stereocenters. The third-order valence-corrected chi connectivity index (χ3v) is 5.40. The number of sulfonamides is 1. The highest BCUT2D eigenvalue weighted by Gasteiger charge is 2.13. The van der Waals surface area contributed by atoms with Crippen molar-refractivity contribution in [1.82, 2.24) is 9.71 Å². The highest BCUT2D eigenvalue weighted by atomic mass is 32.2. The maximum absolute atomic E-state index is 12.1. The molecule has 0 unspecified atom stereocenters. The van der Waals surface area contributed by atoms with Crippen LogP contribution in [-0.4, -0.2) is 27.1 Å². The second kappa shape index (κ2) is 7.02. The molecule has 2 aromatic rings. The zero-order valence-corrected chi connectivity index (χ0v) is 13.6. The molecular weight excluding hydrogens is 308 g/mol. The molecule has 7 heteroatoms. The molecule has 0 spiro atoms. The Balaban J connectivity index is 1.85. The smallest absolute Gasteiger partial charge is 0.240 e. The Morgan fingerprint density at radius 2 is 2.00 bits per heavy atom. The van der Waals surface area contributed by atoms with E-state index in [9.17, 15) is 8.42 Å². The Morgan fingerprint density at radius 1 is 1.29 bits per heavy atom. The van der Waals surface area contributed by atoms with Crippen LogP contribution in [0.3, 0.4) is 0 Å². The van der Waals surface area contributed by atoms with Gasteiger partial charge in [-0.25, -0.2) is 18.1 Å². The SMILES string of the molecule is COc1ccc(S(=O)(=O)NCCCc2nc(C)cs2)cc1. The average molecular weight is 326 g/mol. The fraction of sp³-hybridized carbons (Fsp3) is 0.357. The van der Waals surface area contributed by atoms with E-state index in [2.05, 4.69) is 9.71 Å². The van der Waals surface area contributed by atoms with Gasteiger partial charge in [0.1, 0.15) is 5.75 Å². The lowest BCUT2D eigenvalue weighted by molar-refractivity contribution is 0.414. The van der Waals surface area contributed by atoms with E-state index in [1.807, 2.05) is 12.3 Å². The van der Waals surface area contributed by atoms with Gasteiger partial charge in [0.25, 0.3) is 0 Å². The fourth-order valence-corrected chi connectivity index (χ4v) is 3.69. The van der Waals surface area contributed by atoms with E-state index >= 15 is 0 Å². The van der Waals surface area contributed by atoms with Crippen molar-refractivity contribution in [2.24, 2.45) is 0 Å². The molecular formula is C14H18N2O3S2. The summed E-state index contributed by atoms with van der Waals surface area (Å²) in [6, 6.07) is 6.33. The van der Waals surface area contributed by atoms with Crippen molar-refractivity contribution < 1.29 is 13.2 Å². The van der Waals surface area contributed by atoms with Gasteiger partial charge in [-0.1, -0.05) is 0 Å². The summed E-state index contributed by atoms with van der Waals surface area (Å²) in [6.07, 6.45) is 1.51. The molecule has 2 rings (SSSR count). The van der Waals surface area contributed by atoms with Crippen molar-refractivity contribution >= 4 is 21.4 Å². The molecule has 0 bridgehead atoms. The van der Waals surface area contributed by atoms with Crippen molar-refractivity contribution in [3.8, 4) is 5.75 Å². The molecule has 1 aromatic heterocycles. The van der Waals surface area contributed by atoms with Crippen LogP contribution in [0.5, 0.6) is 5.75 Å². The van der Waals surface area contributed by atoms with Gasteiger partial charge in [0.15, 0.2) is 0 Å². The molecule has 0 amide bonds. The molecule has 0 aliphatic rings. The van der Waals surface area contributed by atoms with Gasteiger partial charge in [0.2, 0.25) is 10.0 Å². The number of hydrogen-bond donors (Lipinski definition) is 1. The molecule has 1 aromatic carbocycles. The lowest BCUT2D eigenvalue weighted by Gasteiger charge is -2.07. The maximum atomic E-state index is 12.1. The van der Waals surface area contributed by atoms with Gasteiger partial charge in [-0.05, 0) is 37.6 Å². The summed E-state index contributed by atoms with van der Waals surface area (Å²) in [5.74, 6) is 0.632. The van der Waals surface area contributed by atoms with Gasteiger partial charge in [0, 0.05) is 24.0 Å². The van der Waals surface area contributed by atoms with Gasteiger partial charge >= 0.3 is 0 Å². The number of aromatic nitrogens is 1. The first-order valence-electron chi connectivity index (χ1n) is 6.56. The zero-order valence-electron chi connectivity index (χ0n) is 12.0. The molecule has 1 N–H and O–H groups in total. The highest BCUT2D eigenvalue weighted by Crippen LogP contribution is 2.15. The molecule has 1 heterocycles. The van der Waals surface area contributed by atoms with Crippen molar-refractivity contribution in [2.75, 3.05) is 13.7 Å². The minimum Gasteiger partial charge on any atom is -0.497 e. The molecule has 0 radical (unpaired) electrons. The van der Waals surface area contributed by atoms with E-state index in [1.165, 1.54) is 12.1 Å². The van der Waals surface area contributed by atoms with Crippen LogP contribution in [0.1, 0.15) is 17.1 Å². The zero-order chi connectivity index (χ0) is 15.3. The van der Waals surface area contributed by atoms with Gasteiger partial charge in [0.05, 0.1) is 17.0 Å². The Bertz CT molecular complexity index is 678. The van der Waals surface area contributed by atoms with Crippen LogP contribution in [0.4, 0.5) is 0 Å². The van der Waals surface area contributed by atoms with Crippen LogP contribution >= 0.6 is 11.3 Å². The fourth-order valence-electron chi connectivity index (χ4n) is 1.80. The molecule has 0 fully saturated rings. The molecule has 21 heavy (non-hydrogen) atoms. The first-order chi connectivity index (χ1) is 10.0. The van der Waals surface area contributed by atoms with Gasteiger partial charge < -0.3 is 4.74 Å². The van der Waals surface area contributed by atoms with Crippen LogP contribution in [0, 0.1) is 6.92 Å². The third kappa shape index (κ3) is 4.52. The Hall–Kier alpha value is -1.44. The topological polar surface area (TPSA) is 68.3 Å². The summed E-state index contributed by atoms with van der Waals surface area (Å²) in [5, 5.41) is 3.03.